The molecule has 2 aliphatic rings. The van der Waals surface area contributed by atoms with E-state index in [9.17, 15) is 9.59 Å². The van der Waals surface area contributed by atoms with Crippen molar-refractivity contribution in [3.63, 3.8) is 0 Å². The molecule has 1 aliphatic heterocycles. The Balaban J connectivity index is 2.05. The van der Waals surface area contributed by atoms with E-state index in [1.165, 1.54) is 19.3 Å². The Bertz CT molecular complexity index is 310. The van der Waals surface area contributed by atoms with E-state index in [0.29, 0.717) is 18.7 Å². The summed E-state index contributed by atoms with van der Waals surface area (Å²) in [6.45, 7) is 4.21. The van der Waals surface area contributed by atoms with E-state index >= 15 is 0 Å². The second-order valence-electron chi connectivity index (χ2n) is 5.71. The molecule has 0 bridgehead atoms. The highest BCUT2D eigenvalue weighted by molar-refractivity contribution is 5.91. The van der Waals surface area contributed by atoms with Crippen LogP contribution >= 0.6 is 0 Å². The van der Waals surface area contributed by atoms with E-state index in [1.807, 2.05) is 0 Å². The maximum atomic E-state index is 11.7. The molecule has 0 radical (unpaired) electrons. The number of hydrogen-bond acceptors (Lipinski definition) is 4. The van der Waals surface area contributed by atoms with Gasteiger partial charge in [0.15, 0.2) is 5.78 Å². The smallest absolute Gasteiger partial charge is 0.153 e. The van der Waals surface area contributed by atoms with Crippen LogP contribution in [-0.4, -0.2) is 42.4 Å². The van der Waals surface area contributed by atoms with Crippen LogP contribution in [0.2, 0.25) is 0 Å². The van der Waals surface area contributed by atoms with Crippen molar-refractivity contribution >= 4 is 12.1 Å². The molecule has 0 aromatic rings. The summed E-state index contributed by atoms with van der Waals surface area (Å²) in [5.74, 6) is 0.467. The molecule has 1 aliphatic carbocycles. The Morgan fingerprint density at radius 2 is 2.11 bits per heavy atom. The van der Waals surface area contributed by atoms with Gasteiger partial charge in [0, 0.05) is 6.54 Å². The summed E-state index contributed by atoms with van der Waals surface area (Å²) >= 11 is 0. The normalized spacial score (nSPS) is 28.2. The summed E-state index contributed by atoms with van der Waals surface area (Å²) in [5, 5.41) is 0. The van der Waals surface area contributed by atoms with Crippen LogP contribution in [0.3, 0.4) is 0 Å². The lowest BCUT2D eigenvalue weighted by Gasteiger charge is -2.50. The Labute approximate surface area is 109 Å². The topological polar surface area (TPSA) is 46.6 Å². The third-order valence-electron chi connectivity index (χ3n) is 4.06. The zero-order chi connectivity index (χ0) is 13.0. The van der Waals surface area contributed by atoms with Crippen LogP contribution in [0, 0.1) is 5.92 Å². The molecule has 18 heavy (non-hydrogen) atoms. The highest BCUT2D eigenvalue weighted by atomic mass is 16.5. The molecule has 1 saturated carbocycles. The van der Waals surface area contributed by atoms with Gasteiger partial charge in [0.2, 0.25) is 0 Å². The van der Waals surface area contributed by atoms with Crippen LogP contribution < -0.4 is 0 Å². The van der Waals surface area contributed by atoms with E-state index in [2.05, 4.69) is 11.8 Å². The average molecular weight is 253 g/mol. The fourth-order valence-corrected chi connectivity index (χ4v) is 3.13. The maximum absolute atomic E-state index is 11.7. The summed E-state index contributed by atoms with van der Waals surface area (Å²) < 4.78 is 6.10. The second-order valence-corrected chi connectivity index (χ2v) is 5.71. The van der Waals surface area contributed by atoms with Gasteiger partial charge in [0.1, 0.15) is 12.0 Å². The third kappa shape index (κ3) is 2.98. The lowest BCUT2D eigenvalue weighted by molar-refractivity contribution is -0.216. The monoisotopic (exact) mass is 253 g/mol. The molecule has 1 saturated heterocycles. The van der Waals surface area contributed by atoms with E-state index in [-0.39, 0.29) is 17.9 Å². The molecule has 4 nitrogen and oxygen atoms in total. The number of hydrogen-bond donors (Lipinski definition) is 0. The molecule has 1 heterocycles. The molecule has 0 aromatic heterocycles. The van der Waals surface area contributed by atoms with E-state index < -0.39 is 0 Å². The van der Waals surface area contributed by atoms with Gasteiger partial charge in [0.25, 0.3) is 0 Å². The van der Waals surface area contributed by atoms with Crippen molar-refractivity contribution in [1.82, 2.24) is 4.90 Å². The summed E-state index contributed by atoms with van der Waals surface area (Å²) in [7, 11) is 0. The molecule has 102 valence electrons. The molecule has 4 heteroatoms. The minimum Gasteiger partial charge on any atom is -0.360 e. The average Bonchev–Trinajstić information content (AvgIpc) is 2.36. The second kappa shape index (κ2) is 5.93. The molecular formula is C14H23NO3. The predicted octanol–water partition coefficient (Wildman–Crippen LogP) is 1.77. The van der Waals surface area contributed by atoms with Crippen LogP contribution in [0.4, 0.5) is 0 Å². The molecule has 0 N–H and O–H groups in total. The maximum Gasteiger partial charge on any atom is 0.153 e. The Morgan fingerprint density at radius 3 is 2.78 bits per heavy atom. The number of Topliss-reactive ketones (excluding diaryl/α,β-unsaturated/α-hetero) is 1. The minimum absolute atomic E-state index is 0.00708. The van der Waals surface area contributed by atoms with Crippen LogP contribution in [0.15, 0.2) is 0 Å². The molecule has 0 aromatic carbocycles. The lowest BCUT2D eigenvalue weighted by Crippen LogP contribution is -2.59. The van der Waals surface area contributed by atoms with Gasteiger partial charge in [-0.2, -0.15) is 0 Å². The number of carbonyl (C=O) groups excluding carboxylic acids is 2. The zero-order valence-corrected chi connectivity index (χ0v) is 11.2. The minimum atomic E-state index is -0.219. The third-order valence-corrected chi connectivity index (χ3v) is 4.06. The number of ketones is 1. The lowest BCUT2D eigenvalue weighted by atomic mass is 9.87. The van der Waals surface area contributed by atoms with Crippen LogP contribution in [-0.2, 0) is 14.3 Å². The van der Waals surface area contributed by atoms with E-state index in [1.54, 1.807) is 0 Å². The summed E-state index contributed by atoms with van der Waals surface area (Å²) in [6, 6.07) is 0. The van der Waals surface area contributed by atoms with Crippen LogP contribution in [0.5, 0.6) is 0 Å². The van der Waals surface area contributed by atoms with Crippen molar-refractivity contribution in [1.29, 1.82) is 0 Å². The van der Waals surface area contributed by atoms with Crippen molar-refractivity contribution in [2.45, 2.75) is 51.2 Å². The predicted molar refractivity (Wildman–Crippen MR) is 68.2 cm³/mol. The van der Waals surface area contributed by atoms with Crippen molar-refractivity contribution in [3.8, 4) is 0 Å². The van der Waals surface area contributed by atoms with Crippen LogP contribution in [0.1, 0.15) is 45.4 Å². The van der Waals surface area contributed by atoms with Crippen molar-refractivity contribution in [2.75, 3.05) is 19.7 Å². The van der Waals surface area contributed by atoms with Gasteiger partial charge in [-0.05, 0) is 31.6 Å². The number of rotatable bonds is 4. The fourth-order valence-electron chi connectivity index (χ4n) is 3.13. The zero-order valence-electron chi connectivity index (χ0n) is 11.2. The van der Waals surface area contributed by atoms with Crippen molar-refractivity contribution < 1.29 is 14.3 Å². The summed E-state index contributed by atoms with van der Waals surface area (Å²) in [6.07, 6.45) is 6.38. The Morgan fingerprint density at radius 1 is 1.39 bits per heavy atom. The molecule has 1 spiro atoms. The van der Waals surface area contributed by atoms with Crippen molar-refractivity contribution in [3.05, 3.63) is 0 Å². The van der Waals surface area contributed by atoms with Gasteiger partial charge in [0.05, 0.1) is 19.6 Å². The molecule has 1 atom stereocenters. The SMILES string of the molecule is C[C@@H]1COC2(CCCCC2)N(CC(=O)CC=O)C1. The van der Waals surface area contributed by atoms with Gasteiger partial charge >= 0.3 is 0 Å². The van der Waals surface area contributed by atoms with Gasteiger partial charge in [-0.1, -0.05) is 13.3 Å². The molecule has 0 unspecified atom stereocenters. The summed E-state index contributed by atoms with van der Waals surface area (Å²) in [4.78, 5) is 24.3. The number of ether oxygens (including phenoxy) is 1. The Hall–Kier alpha value is -0.740. The largest absolute Gasteiger partial charge is 0.360 e. The number of nitrogens with zero attached hydrogens (tertiary/aromatic N) is 1. The van der Waals surface area contributed by atoms with Crippen molar-refractivity contribution in [2.24, 2.45) is 5.92 Å². The van der Waals surface area contributed by atoms with E-state index in [4.69, 9.17) is 4.74 Å². The van der Waals surface area contributed by atoms with Gasteiger partial charge in [-0.3, -0.25) is 9.69 Å². The first kappa shape index (κ1) is 13.7. The highest BCUT2D eigenvalue weighted by Gasteiger charge is 2.43. The van der Waals surface area contributed by atoms with Gasteiger partial charge < -0.3 is 9.53 Å². The first-order chi connectivity index (χ1) is 8.66. The first-order valence-corrected chi connectivity index (χ1v) is 7.00. The summed E-state index contributed by atoms with van der Waals surface area (Å²) in [5.41, 5.74) is -0.219. The van der Waals surface area contributed by atoms with E-state index in [0.717, 1.165) is 26.0 Å². The fraction of sp³-hybridized carbons (Fsp3) is 0.857. The van der Waals surface area contributed by atoms with Gasteiger partial charge in [-0.25, -0.2) is 0 Å². The quantitative estimate of drug-likeness (QED) is 0.566. The van der Waals surface area contributed by atoms with Crippen LogP contribution in [0.25, 0.3) is 0 Å². The molecule has 2 rings (SSSR count). The Kier molecular flexibility index (Phi) is 4.51. The molecule has 0 amide bonds. The van der Waals surface area contributed by atoms with Gasteiger partial charge in [-0.15, -0.1) is 0 Å². The molecule has 2 fully saturated rings. The number of carbonyl (C=O) groups is 2. The standard InChI is InChI=1S/C14H23NO3/c1-12-9-15(10-13(17)5-8-16)14(18-11-12)6-3-2-4-7-14/h8,12H,2-7,9-11H2,1H3/t12-/m0/s1. The highest BCUT2D eigenvalue weighted by Crippen LogP contribution is 2.38. The first-order valence-electron chi connectivity index (χ1n) is 7.00. The molecular weight excluding hydrogens is 230 g/mol. The number of aldehydes is 1.